The van der Waals surface area contributed by atoms with E-state index in [-0.39, 0.29) is 0 Å². The molecule has 2 aliphatic carbocycles. The second-order valence-corrected chi connectivity index (χ2v) is 6.16. The highest BCUT2D eigenvalue weighted by molar-refractivity contribution is 6.30. The number of hydrogen-bond acceptors (Lipinski definition) is 2. The van der Waals surface area contributed by atoms with Crippen LogP contribution in [0.25, 0.3) is 5.65 Å². The van der Waals surface area contributed by atoms with Crippen LogP contribution in [0.5, 0.6) is 0 Å². The minimum Gasteiger partial charge on any atom is -0.233 e. The van der Waals surface area contributed by atoms with Gasteiger partial charge in [0.25, 0.3) is 0 Å². The van der Waals surface area contributed by atoms with Crippen molar-refractivity contribution in [1.29, 1.82) is 0 Å². The van der Waals surface area contributed by atoms with Gasteiger partial charge in [0, 0.05) is 17.0 Å². The summed E-state index contributed by atoms with van der Waals surface area (Å²) in [5, 5.41) is 5.03. The zero-order valence-corrected chi connectivity index (χ0v) is 11.2. The van der Waals surface area contributed by atoms with Crippen molar-refractivity contribution in [1.82, 2.24) is 14.6 Å². The lowest BCUT2D eigenvalue weighted by Gasteiger charge is -2.28. The van der Waals surface area contributed by atoms with Crippen LogP contribution in [0.3, 0.4) is 0 Å². The molecule has 1 saturated carbocycles. The molecule has 1 fully saturated rings. The van der Waals surface area contributed by atoms with E-state index in [0.717, 1.165) is 17.2 Å². The first-order valence-electron chi connectivity index (χ1n) is 6.75. The number of fused-ring (bicyclic) bond motifs is 3. The predicted molar refractivity (Wildman–Crippen MR) is 71.0 cm³/mol. The number of hydrogen-bond donors (Lipinski definition) is 0. The lowest BCUT2D eigenvalue weighted by molar-refractivity contribution is 0.316. The van der Waals surface area contributed by atoms with Gasteiger partial charge in [-0.1, -0.05) is 31.4 Å². The smallest absolute Gasteiger partial charge is 0.156 e. The minimum absolute atomic E-state index is 0.297. The van der Waals surface area contributed by atoms with Gasteiger partial charge in [0.15, 0.2) is 5.65 Å². The number of nitrogens with zero attached hydrogens (tertiary/aromatic N) is 3. The molecule has 2 aliphatic rings. The SMILES string of the molecule is CC1Cc2c(nc3ccnn3c2Cl)C12CCCC2. The highest BCUT2D eigenvalue weighted by atomic mass is 35.5. The largest absolute Gasteiger partial charge is 0.233 e. The Hall–Kier alpha value is -1.09. The summed E-state index contributed by atoms with van der Waals surface area (Å²) in [7, 11) is 0. The molecule has 2 aromatic heterocycles. The third kappa shape index (κ3) is 1.16. The van der Waals surface area contributed by atoms with Gasteiger partial charge in [-0.15, -0.1) is 0 Å². The van der Waals surface area contributed by atoms with Crippen molar-refractivity contribution < 1.29 is 0 Å². The lowest BCUT2D eigenvalue weighted by Crippen LogP contribution is -2.27. The Labute approximate surface area is 111 Å². The van der Waals surface area contributed by atoms with Gasteiger partial charge in [0.2, 0.25) is 0 Å². The van der Waals surface area contributed by atoms with E-state index >= 15 is 0 Å². The van der Waals surface area contributed by atoms with Gasteiger partial charge in [-0.2, -0.15) is 5.10 Å². The highest BCUT2D eigenvalue weighted by Gasteiger charge is 2.48. The summed E-state index contributed by atoms with van der Waals surface area (Å²) in [6.45, 7) is 2.35. The molecule has 3 nitrogen and oxygen atoms in total. The van der Waals surface area contributed by atoms with Crippen LogP contribution in [0.4, 0.5) is 0 Å². The quantitative estimate of drug-likeness (QED) is 0.681. The van der Waals surface area contributed by atoms with Gasteiger partial charge in [-0.3, -0.25) is 0 Å². The van der Waals surface area contributed by atoms with Crippen LogP contribution >= 0.6 is 11.6 Å². The fraction of sp³-hybridized carbons (Fsp3) is 0.571. The van der Waals surface area contributed by atoms with E-state index in [2.05, 4.69) is 12.0 Å². The van der Waals surface area contributed by atoms with Crippen LogP contribution in [0.1, 0.15) is 43.9 Å². The number of aromatic nitrogens is 3. The fourth-order valence-corrected chi connectivity index (χ4v) is 4.30. The molecule has 0 amide bonds. The molecule has 0 N–H and O–H groups in total. The molecule has 1 atom stereocenters. The first kappa shape index (κ1) is 10.8. The number of rotatable bonds is 0. The molecule has 4 heteroatoms. The first-order valence-corrected chi connectivity index (χ1v) is 7.13. The van der Waals surface area contributed by atoms with Gasteiger partial charge in [-0.05, 0) is 25.2 Å². The first-order chi connectivity index (χ1) is 8.72. The molecule has 94 valence electrons. The van der Waals surface area contributed by atoms with Crippen molar-refractivity contribution in [2.24, 2.45) is 5.92 Å². The minimum atomic E-state index is 0.297. The van der Waals surface area contributed by atoms with Crippen LogP contribution in [-0.2, 0) is 11.8 Å². The molecule has 1 spiro atoms. The summed E-state index contributed by atoms with van der Waals surface area (Å²) in [5.74, 6) is 0.659. The Balaban J connectivity index is 2.03. The van der Waals surface area contributed by atoms with E-state index < -0.39 is 0 Å². The second kappa shape index (κ2) is 3.47. The van der Waals surface area contributed by atoms with Crippen LogP contribution in [0, 0.1) is 5.92 Å². The predicted octanol–water partition coefficient (Wildman–Crippen LogP) is 3.39. The standard InChI is InChI=1S/C14H16ClN3/c1-9-8-10-12(14(9)5-2-3-6-14)17-11-4-7-16-18(11)13(10)15/h4,7,9H,2-3,5-6,8H2,1H3. The van der Waals surface area contributed by atoms with Gasteiger partial charge in [-0.25, -0.2) is 9.50 Å². The van der Waals surface area contributed by atoms with Crippen LogP contribution in [0.15, 0.2) is 12.3 Å². The zero-order chi connectivity index (χ0) is 12.3. The van der Waals surface area contributed by atoms with Crippen molar-refractivity contribution in [3.63, 3.8) is 0 Å². The Bertz CT molecular complexity index is 625. The molecule has 1 unspecified atom stereocenters. The van der Waals surface area contributed by atoms with E-state index in [1.165, 1.54) is 36.9 Å². The molecule has 2 heterocycles. The average Bonchev–Trinajstić information content (AvgIpc) is 3.04. The zero-order valence-electron chi connectivity index (χ0n) is 10.5. The lowest BCUT2D eigenvalue weighted by atomic mass is 9.76. The van der Waals surface area contributed by atoms with Crippen molar-refractivity contribution in [3.8, 4) is 0 Å². The van der Waals surface area contributed by atoms with Crippen molar-refractivity contribution in [2.45, 2.75) is 44.4 Å². The van der Waals surface area contributed by atoms with E-state index in [0.29, 0.717) is 11.3 Å². The normalized spacial score (nSPS) is 25.1. The van der Waals surface area contributed by atoms with Crippen molar-refractivity contribution >= 4 is 17.2 Å². The van der Waals surface area contributed by atoms with E-state index in [1.807, 2.05) is 6.07 Å². The van der Waals surface area contributed by atoms with E-state index in [1.54, 1.807) is 10.7 Å². The number of halogens is 1. The summed E-state index contributed by atoms with van der Waals surface area (Å²) < 4.78 is 1.76. The third-order valence-electron chi connectivity index (χ3n) is 4.99. The topological polar surface area (TPSA) is 30.2 Å². The molecule has 18 heavy (non-hydrogen) atoms. The molecule has 4 rings (SSSR count). The summed E-state index contributed by atoms with van der Waals surface area (Å²) in [4.78, 5) is 4.88. The molecule has 0 aromatic carbocycles. The van der Waals surface area contributed by atoms with Crippen LogP contribution < -0.4 is 0 Å². The summed E-state index contributed by atoms with van der Waals surface area (Å²) in [5.41, 5.74) is 3.69. The monoisotopic (exact) mass is 261 g/mol. The van der Waals surface area contributed by atoms with Crippen LogP contribution in [0.2, 0.25) is 5.15 Å². The summed E-state index contributed by atoms with van der Waals surface area (Å²) in [6, 6.07) is 1.94. The van der Waals surface area contributed by atoms with E-state index in [9.17, 15) is 0 Å². The maximum atomic E-state index is 6.52. The fourth-order valence-electron chi connectivity index (χ4n) is 4.00. The maximum absolute atomic E-state index is 6.52. The maximum Gasteiger partial charge on any atom is 0.156 e. The Kier molecular flexibility index (Phi) is 2.08. The van der Waals surface area contributed by atoms with Crippen LogP contribution in [-0.4, -0.2) is 14.6 Å². The molecular formula is C14H16ClN3. The van der Waals surface area contributed by atoms with Crippen molar-refractivity contribution in [3.05, 3.63) is 28.7 Å². The molecule has 0 bridgehead atoms. The van der Waals surface area contributed by atoms with Gasteiger partial charge in [0.05, 0.1) is 11.9 Å². The van der Waals surface area contributed by atoms with Gasteiger partial charge in [0.1, 0.15) is 5.15 Å². The summed E-state index contributed by atoms with van der Waals surface area (Å²) in [6.07, 6.45) is 8.02. The van der Waals surface area contributed by atoms with Gasteiger partial charge < -0.3 is 0 Å². The molecular weight excluding hydrogens is 246 g/mol. The Morgan fingerprint density at radius 3 is 2.94 bits per heavy atom. The highest BCUT2D eigenvalue weighted by Crippen LogP contribution is 2.53. The molecule has 0 saturated heterocycles. The Morgan fingerprint density at radius 2 is 2.17 bits per heavy atom. The summed E-state index contributed by atoms with van der Waals surface area (Å²) >= 11 is 6.52. The Morgan fingerprint density at radius 1 is 1.39 bits per heavy atom. The van der Waals surface area contributed by atoms with E-state index in [4.69, 9.17) is 16.6 Å². The third-order valence-corrected chi connectivity index (χ3v) is 5.38. The molecule has 0 radical (unpaired) electrons. The molecule has 0 aliphatic heterocycles. The second-order valence-electron chi connectivity index (χ2n) is 5.80. The van der Waals surface area contributed by atoms with Crippen molar-refractivity contribution in [2.75, 3.05) is 0 Å². The average molecular weight is 262 g/mol. The molecule has 2 aromatic rings. The van der Waals surface area contributed by atoms with Gasteiger partial charge >= 0.3 is 0 Å².